The Kier molecular flexibility index (Phi) is 5.29. The first-order valence-corrected chi connectivity index (χ1v) is 6.25. The number of rotatable bonds is 6. The van der Waals surface area contributed by atoms with Crippen LogP contribution >= 0.6 is 11.3 Å². The van der Waals surface area contributed by atoms with Crippen molar-refractivity contribution in [3.63, 3.8) is 0 Å². The molecule has 0 fully saturated rings. The molecule has 0 spiro atoms. The molecule has 3 heteroatoms. The summed E-state index contributed by atoms with van der Waals surface area (Å²) in [6.45, 7) is 11.3. The highest BCUT2D eigenvalue weighted by Gasteiger charge is 2.12. The molecule has 0 aliphatic heterocycles. The van der Waals surface area contributed by atoms with Gasteiger partial charge in [0.2, 0.25) is 0 Å². The van der Waals surface area contributed by atoms with Crippen LogP contribution in [0.5, 0.6) is 0 Å². The number of ether oxygens (including phenoxy) is 2. The largest absolute Gasteiger partial charge is 0.377 e. The number of hydrogen-bond donors (Lipinski definition) is 0. The topological polar surface area (TPSA) is 18.5 Å². The Bertz CT molecular complexity index is 276. The zero-order valence-corrected chi connectivity index (χ0v) is 10.9. The van der Waals surface area contributed by atoms with Gasteiger partial charge in [-0.15, -0.1) is 11.3 Å². The molecule has 1 heterocycles. The van der Waals surface area contributed by atoms with Crippen LogP contribution in [0.15, 0.2) is 0 Å². The average Bonchev–Trinajstić information content (AvgIpc) is 2.47. The second-order valence-electron chi connectivity index (χ2n) is 3.45. The van der Waals surface area contributed by atoms with Crippen molar-refractivity contribution in [3.05, 3.63) is 20.9 Å². The molecule has 0 amide bonds. The summed E-state index contributed by atoms with van der Waals surface area (Å²) in [6, 6.07) is 0. The van der Waals surface area contributed by atoms with E-state index in [0.717, 1.165) is 26.4 Å². The van der Waals surface area contributed by atoms with E-state index < -0.39 is 0 Å². The summed E-state index contributed by atoms with van der Waals surface area (Å²) in [7, 11) is 0. The summed E-state index contributed by atoms with van der Waals surface area (Å²) in [5.74, 6) is 0. The lowest BCUT2D eigenvalue weighted by Crippen LogP contribution is -2.00. The summed E-state index contributed by atoms with van der Waals surface area (Å²) in [4.78, 5) is 2.71. The Morgan fingerprint density at radius 2 is 1.27 bits per heavy atom. The van der Waals surface area contributed by atoms with Gasteiger partial charge in [0.05, 0.1) is 13.2 Å². The third-order valence-corrected chi connectivity index (χ3v) is 3.53. The van der Waals surface area contributed by atoms with Crippen molar-refractivity contribution in [1.29, 1.82) is 0 Å². The summed E-state index contributed by atoms with van der Waals surface area (Å²) in [5, 5.41) is 0. The van der Waals surface area contributed by atoms with E-state index in [0.29, 0.717) is 0 Å². The normalized spacial score (nSPS) is 10.9. The fraction of sp³-hybridized carbons (Fsp3) is 0.667. The van der Waals surface area contributed by atoms with E-state index in [1.807, 2.05) is 25.2 Å². The number of aryl methyl sites for hydroxylation is 2. The van der Waals surface area contributed by atoms with E-state index in [9.17, 15) is 0 Å². The molecule has 2 nitrogen and oxygen atoms in total. The van der Waals surface area contributed by atoms with Crippen molar-refractivity contribution >= 4 is 11.3 Å². The Morgan fingerprint density at radius 3 is 1.60 bits per heavy atom. The van der Waals surface area contributed by atoms with Gasteiger partial charge in [-0.05, 0) is 38.8 Å². The quantitative estimate of drug-likeness (QED) is 0.742. The fourth-order valence-electron chi connectivity index (χ4n) is 1.56. The van der Waals surface area contributed by atoms with E-state index in [1.54, 1.807) is 0 Å². The Balaban J connectivity index is 2.80. The Labute approximate surface area is 96.2 Å². The van der Waals surface area contributed by atoms with Crippen molar-refractivity contribution in [2.75, 3.05) is 13.2 Å². The third kappa shape index (κ3) is 3.30. The van der Waals surface area contributed by atoms with Gasteiger partial charge >= 0.3 is 0 Å². The molecule has 0 saturated heterocycles. The maximum absolute atomic E-state index is 5.49. The molecule has 0 aromatic carbocycles. The van der Waals surface area contributed by atoms with Gasteiger partial charge in [0.15, 0.2) is 0 Å². The zero-order valence-electron chi connectivity index (χ0n) is 10.1. The van der Waals surface area contributed by atoms with Gasteiger partial charge in [0, 0.05) is 23.0 Å². The first kappa shape index (κ1) is 12.7. The maximum atomic E-state index is 5.49. The highest BCUT2D eigenvalue weighted by atomic mass is 32.1. The minimum atomic E-state index is 0.717. The van der Waals surface area contributed by atoms with Gasteiger partial charge < -0.3 is 9.47 Å². The van der Waals surface area contributed by atoms with Crippen LogP contribution in [0.4, 0.5) is 0 Å². The van der Waals surface area contributed by atoms with Crippen molar-refractivity contribution in [3.8, 4) is 0 Å². The second-order valence-corrected chi connectivity index (χ2v) is 4.87. The molecule has 0 aliphatic carbocycles. The van der Waals surface area contributed by atoms with E-state index >= 15 is 0 Å². The third-order valence-electron chi connectivity index (χ3n) is 2.42. The van der Waals surface area contributed by atoms with Crippen LogP contribution in [0.2, 0.25) is 0 Å². The van der Waals surface area contributed by atoms with Crippen molar-refractivity contribution in [2.24, 2.45) is 0 Å². The lowest BCUT2D eigenvalue weighted by molar-refractivity contribution is 0.119. The van der Waals surface area contributed by atoms with Crippen LogP contribution in [-0.2, 0) is 22.7 Å². The van der Waals surface area contributed by atoms with Crippen LogP contribution in [0.3, 0.4) is 0 Å². The lowest BCUT2D eigenvalue weighted by Gasteiger charge is -2.07. The molecule has 0 N–H and O–H groups in total. The molecule has 0 unspecified atom stereocenters. The van der Waals surface area contributed by atoms with E-state index in [2.05, 4.69) is 13.8 Å². The predicted molar refractivity (Wildman–Crippen MR) is 64.5 cm³/mol. The van der Waals surface area contributed by atoms with Gasteiger partial charge in [-0.1, -0.05) is 0 Å². The molecule has 0 bridgehead atoms. The minimum absolute atomic E-state index is 0.717. The highest BCUT2D eigenvalue weighted by molar-refractivity contribution is 7.12. The first-order chi connectivity index (χ1) is 7.20. The van der Waals surface area contributed by atoms with Crippen LogP contribution in [-0.4, -0.2) is 13.2 Å². The summed E-state index contributed by atoms with van der Waals surface area (Å²) in [5.41, 5.74) is 2.65. The van der Waals surface area contributed by atoms with Gasteiger partial charge in [0.1, 0.15) is 0 Å². The van der Waals surface area contributed by atoms with Gasteiger partial charge in [-0.25, -0.2) is 0 Å². The molecular weight excluding hydrogens is 208 g/mol. The van der Waals surface area contributed by atoms with E-state index in [-0.39, 0.29) is 0 Å². The molecule has 0 aliphatic rings. The first-order valence-electron chi connectivity index (χ1n) is 5.43. The Morgan fingerprint density at radius 1 is 0.867 bits per heavy atom. The predicted octanol–water partition coefficient (Wildman–Crippen LogP) is 3.44. The van der Waals surface area contributed by atoms with E-state index in [1.165, 1.54) is 20.9 Å². The molecule has 0 atom stereocenters. The summed E-state index contributed by atoms with van der Waals surface area (Å²) in [6.07, 6.45) is 0. The van der Waals surface area contributed by atoms with Crippen LogP contribution in [0.1, 0.15) is 34.7 Å². The average molecular weight is 228 g/mol. The smallest absolute Gasteiger partial charge is 0.0731 e. The van der Waals surface area contributed by atoms with Crippen molar-refractivity contribution in [2.45, 2.75) is 40.9 Å². The van der Waals surface area contributed by atoms with Crippen LogP contribution in [0, 0.1) is 13.8 Å². The molecule has 1 rings (SSSR count). The van der Waals surface area contributed by atoms with Crippen LogP contribution in [0.25, 0.3) is 0 Å². The molecule has 1 aromatic heterocycles. The monoisotopic (exact) mass is 228 g/mol. The minimum Gasteiger partial charge on any atom is -0.377 e. The van der Waals surface area contributed by atoms with E-state index in [4.69, 9.17) is 9.47 Å². The Hall–Kier alpha value is -0.380. The molecule has 86 valence electrons. The summed E-state index contributed by atoms with van der Waals surface area (Å²) < 4.78 is 11.0. The SMILES string of the molecule is CCOCc1c(C)sc(C)c1COCC. The second kappa shape index (κ2) is 6.26. The molecule has 0 saturated carbocycles. The van der Waals surface area contributed by atoms with Crippen molar-refractivity contribution < 1.29 is 9.47 Å². The molecule has 15 heavy (non-hydrogen) atoms. The number of thiophene rings is 1. The zero-order chi connectivity index (χ0) is 11.3. The highest BCUT2D eigenvalue weighted by Crippen LogP contribution is 2.28. The van der Waals surface area contributed by atoms with Crippen molar-refractivity contribution in [1.82, 2.24) is 0 Å². The fourth-order valence-corrected chi connectivity index (χ4v) is 2.63. The summed E-state index contributed by atoms with van der Waals surface area (Å²) >= 11 is 1.84. The van der Waals surface area contributed by atoms with Gasteiger partial charge in [-0.3, -0.25) is 0 Å². The van der Waals surface area contributed by atoms with Gasteiger partial charge in [0.25, 0.3) is 0 Å². The number of hydrogen-bond acceptors (Lipinski definition) is 3. The molecule has 0 radical (unpaired) electrons. The van der Waals surface area contributed by atoms with Crippen LogP contribution < -0.4 is 0 Å². The standard InChI is InChI=1S/C12H20O2S/c1-5-13-7-11-9(3)15-10(4)12(11)8-14-6-2/h5-8H2,1-4H3. The lowest BCUT2D eigenvalue weighted by atomic mass is 10.1. The molecular formula is C12H20O2S. The van der Waals surface area contributed by atoms with Gasteiger partial charge in [-0.2, -0.15) is 0 Å². The maximum Gasteiger partial charge on any atom is 0.0731 e. The molecule has 1 aromatic rings.